The molecule has 2 aromatic rings. The van der Waals surface area contributed by atoms with Crippen molar-refractivity contribution in [1.29, 1.82) is 0 Å². The van der Waals surface area contributed by atoms with Gasteiger partial charge >= 0.3 is 5.97 Å². The summed E-state index contributed by atoms with van der Waals surface area (Å²) in [5, 5.41) is 0. The number of methoxy groups -OCH3 is 1. The van der Waals surface area contributed by atoms with Gasteiger partial charge in [-0.1, -0.05) is 48.5 Å². The molecule has 0 aliphatic heterocycles. The zero-order valence-electron chi connectivity index (χ0n) is 10.1. The van der Waals surface area contributed by atoms with E-state index in [1.165, 1.54) is 7.11 Å². The van der Waals surface area contributed by atoms with Crippen LogP contribution in [0.5, 0.6) is 0 Å². The number of carbonyl (C=O) groups excluding carboxylic acids is 1. The molecule has 18 heavy (non-hydrogen) atoms. The molecule has 2 rings (SSSR count). The lowest BCUT2D eigenvalue weighted by Gasteiger charge is -2.16. The van der Waals surface area contributed by atoms with Crippen molar-refractivity contribution in [2.45, 2.75) is 6.29 Å². The second-order valence-corrected chi connectivity index (χ2v) is 3.75. The van der Waals surface area contributed by atoms with Gasteiger partial charge in [-0.05, 0) is 12.1 Å². The molecule has 0 radical (unpaired) electrons. The molecule has 1 unspecified atom stereocenters. The van der Waals surface area contributed by atoms with E-state index >= 15 is 0 Å². The molecule has 92 valence electrons. The summed E-state index contributed by atoms with van der Waals surface area (Å²) in [6.07, 6.45) is -0.682. The highest BCUT2D eigenvalue weighted by atomic mass is 16.7. The summed E-state index contributed by atoms with van der Waals surface area (Å²) in [5.41, 5.74) is 1.32. The fourth-order valence-corrected chi connectivity index (χ4v) is 1.60. The zero-order valence-corrected chi connectivity index (χ0v) is 10.1. The molecule has 0 saturated heterocycles. The Hall–Kier alpha value is -2.13. The normalized spacial score (nSPS) is 11.8. The van der Waals surface area contributed by atoms with Gasteiger partial charge in [-0.25, -0.2) is 4.79 Å². The van der Waals surface area contributed by atoms with Crippen LogP contribution in [0, 0.1) is 0 Å². The van der Waals surface area contributed by atoms with E-state index < -0.39 is 12.3 Å². The van der Waals surface area contributed by atoms with Gasteiger partial charge in [-0.2, -0.15) is 0 Å². The monoisotopic (exact) mass is 242 g/mol. The fraction of sp³-hybridized carbons (Fsp3) is 0.133. The lowest BCUT2D eigenvalue weighted by molar-refractivity contribution is -0.0927. The van der Waals surface area contributed by atoms with Gasteiger partial charge in [0.1, 0.15) is 0 Å². The van der Waals surface area contributed by atoms with Crippen molar-refractivity contribution in [3.05, 3.63) is 71.8 Å². The van der Waals surface area contributed by atoms with Crippen LogP contribution in [0.25, 0.3) is 0 Å². The molecule has 3 heteroatoms. The van der Waals surface area contributed by atoms with Crippen LogP contribution in [0.4, 0.5) is 0 Å². The molecule has 0 fully saturated rings. The largest absolute Gasteiger partial charge is 0.428 e. The minimum Gasteiger partial charge on any atom is -0.428 e. The van der Waals surface area contributed by atoms with Crippen LogP contribution >= 0.6 is 0 Å². The molecule has 0 saturated carbocycles. The summed E-state index contributed by atoms with van der Waals surface area (Å²) >= 11 is 0. The SMILES string of the molecule is COC(OC(=O)c1ccccc1)c1ccccc1. The maximum absolute atomic E-state index is 11.9. The minimum absolute atomic E-state index is 0.397. The Morgan fingerprint density at radius 1 is 0.944 bits per heavy atom. The van der Waals surface area contributed by atoms with Crippen molar-refractivity contribution >= 4 is 5.97 Å². The van der Waals surface area contributed by atoms with Gasteiger partial charge in [0.2, 0.25) is 6.29 Å². The number of hydrogen-bond donors (Lipinski definition) is 0. The summed E-state index contributed by atoms with van der Waals surface area (Å²) in [6, 6.07) is 18.2. The Labute approximate surface area is 106 Å². The third-order valence-electron chi connectivity index (χ3n) is 2.51. The van der Waals surface area contributed by atoms with Gasteiger partial charge < -0.3 is 9.47 Å². The molecule has 0 bridgehead atoms. The number of esters is 1. The maximum atomic E-state index is 11.9. The number of rotatable bonds is 4. The van der Waals surface area contributed by atoms with Gasteiger partial charge in [0.25, 0.3) is 0 Å². The Morgan fingerprint density at radius 3 is 2.06 bits per heavy atom. The highest BCUT2D eigenvalue weighted by Gasteiger charge is 2.16. The lowest BCUT2D eigenvalue weighted by Crippen LogP contribution is -2.13. The second-order valence-electron chi connectivity index (χ2n) is 3.75. The van der Waals surface area contributed by atoms with E-state index in [1.54, 1.807) is 24.3 Å². The minimum atomic E-state index is -0.682. The van der Waals surface area contributed by atoms with Crippen LogP contribution in [-0.4, -0.2) is 13.1 Å². The Balaban J connectivity index is 2.10. The molecular formula is C15H14O3. The predicted octanol–water partition coefficient (Wildman–Crippen LogP) is 3.19. The number of carbonyl (C=O) groups is 1. The van der Waals surface area contributed by atoms with E-state index in [-0.39, 0.29) is 0 Å². The summed E-state index contributed by atoms with van der Waals surface area (Å²) in [4.78, 5) is 11.9. The molecule has 0 spiro atoms. The van der Waals surface area contributed by atoms with Crippen molar-refractivity contribution < 1.29 is 14.3 Å². The summed E-state index contributed by atoms with van der Waals surface area (Å²) in [7, 11) is 1.51. The first kappa shape index (κ1) is 12.3. The number of benzene rings is 2. The Kier molecular flexibility index (Phi) is 4.10. The molecular weight excluding hydrogens is 228 g/mol. The van der Waals surface area contributed by atoms with E-state index in [1.807, 2.05) is 36.4 Å². The average molecular weight is 242 g/mol. The molecule has 0 aliphatic rings. The first-order chi connectivity index (χ1) is 8.81. The first-order valence-corrected chi connectivity index (χ1v) is 5.65. The van der Waals surface area contributed by atoms with Crippen molar-refractivity contribution in [1.82, 2.24) is 0 Å². The third kappa shape index (κ3) is 2.96. The fourth-order valence-electron chi connectivity index (χ4n) is 1.60. The maximum Gasteiger partial charge on any atom is 0.340 e. The summed E-state index contributed by atoms with van der Waals surface area (Å²) < 4.78 is 10.5. The topological polar surface area (TPSA) is 35.5 Å². The van der Waals surface area contributed by atoms with E-state index in [4.69, 9.17) is 9.47 Å². The van der Waals surface area contributed by atoms with Gasteiger partial charge in [-0.15, -0.1) is 0 Å². The van der Waals surface area contributed by atoms with Crippen LogP contribution in [0.3, 0.4) is 0 Å². The number of hydrogen-bond acceptors (Lipinski definition) is 3. The molecule has 0 aromatic heterocycles. The van der Waals surface area contributed by atoms with Gasteiger partial charge in [-0.3, -0.25) is 0 Å². The molecule has 2 aromatic carbocycles. The zero-order chi connectivity index (χ0) is 12.8. The summed E-state index contributed by atoms with van der Waals surface area (Å²) in [6.45, 7) is 0. The van der Waals surface area contributed by atoms with Crippen LogP contribution in [0.2, 0.25) is 0 Å². The predicted molar refractivity (Wildman–Crippen MR) is 68.0 cm³/mol. The molecule has 0 amide bonds. The summed E-state index contributed by atoms with van der Waals surface area (Å²) in [5.74, 6) is -0.397. The van der Waals surface area contributed by atoms with E-state index in [0.29, 0.717) is 5.56 Å². The van der Waals surface area contributed by atoms with Crippen molar-refractivity contribution in [3.8, 4) is 0 Å². The van der Waals surface area contributed by atoms with Crippen molar-refractivity contribution in [3.63, 3.8) is 0 Å². The van der Waals surface area contributed by atoms with Crippen LogP contribution in [0.15, 0.2) is 60.7 Å². The first-order valence-electron chi connectivity index (χ1n) is 5.65. The second kappa shape index (κ2) is 5.98. The Morgan fingerprint density at radius 2 is 1.50 bits per heavy atom. The van der Waals surface area contributed by atoms with Crippen molar-refractivity contribution in [2.75, 3.05) is 7.11 Å². The molecule has 0 aliphatic carbocycles. The third-order valence-corrected chi connectivity index (χ3v) is 2.51. The van der Waals surface area contributed by atoms with Crippen molar-refractivity contribution in [2.24, 2.45) is 0 Å². The van der Waals surface area contributed by atoms with Crippen LogP contribution < -0.4 is 0 Å². The molecule has 3 nitrogen and oxygen atoms in total. The van der Waals surface area contributed by atoms with Gasteiger partial charge in [0, 0.05) is 12.7 Å². The Bertz CT molecular complexity index is 494. The van der Waals surface area contributed by atoms with Crippen LogP contribution in [0.1, 0.15) is 22.2 Å². The highest BCUT2D eigenvalue weighted by molar-refractivity contribution is 5.89. The van der Waals surface area contributed by atoms with Gasteiger partial charge in [0.15, 0.2) is 0 Å². The highest BCUT2D eigenvalue weighted by Crippen LogP contribution is 2.19. The van der Waals surface area contributed by atoms with Gasteiger partial charge in [0.05, 0.1) is 5.56 Å². The molecule has 1 atom stereocenters. The van der Waals surface area contributed by atoms with E-state index in [0.717, 1.165) is 5.56 Å². The molecule has 0 N–H and O–H groups in total. The molecule has 0 heterocycles. The van der Waals surface area contributed by atoms with E-state index in [2.05, 4.69) is 0 Å². The quantitative estimate of drug-likeness (QED) is 0.610. The van der Waals surface area contributed by atoms with Crippen LogP contribution in [-0.2, 0) is 9.47 Å². The standard InChI is InChI=1S/C15H14O3/c1-17-15(13-10-6-3-7-11-13)18-14(16)12-8-4-2-5-9-12/h2-11,15H,1H3. The van der Waals surface area contributed by atoms with E-state index in [9.17, 15) is 4.79 Å². The lowest BCUT2D eigenvalue weighted by atomic mass is 10.2. The smallest absolute Gasteiger partial charge is 0.340 e. The average Bonchev–Trinajstić information content (AvgIpc) is 2.46. The number of ether oxygens (including phenoxy) is 2.